The van der Waals surface area contributed by atoms with Crippen molar-refractivity contribution in [1.82, 2.24) is 44.5 Å². The molecule has 4 aromatic heterocycles. The highest BCUT2D eigenvalue weighted by molar-refractivity contribution is 8.07. The number of thioether (sulfide) groups is 1. The van der Waals surface area contributed by atoms with E-state index in [0.29, 0.717) is 0 Å². The van der Waals surface area contributed by atoms with Crippen LogP contribution in [0.15, 0.2) is 22.2 Å². The van der Waals surface area contributed by atoms with E-state index in [1.807, 2.05) is 0 Å². The van der Waals surface area contributed by atoms with Crippen molar-refractivity contribution < 1.29 is 41.4 Å². The number of nitrogens with one attached hydrogen (secondary N) is 2. The van der Waals surface area contributed by atoms with Gasteiger partial charge in [-0.3, -0.25) is 28.2 Å². The summed E-state index contributed by atoms with van der Waals surface area (Å²) in [5.74, 6) is -0.223. The lowest BCUT2D eigenvalue weighted by Gasteiger charge is -2.27. The van der Waals surface area contributed by atoms with Crippen LogP contribution in [0.4, 0.5) is 14.7 Å². The molecular formula is C19H20F2N10O9P2S3. The Hall–Kier alpha value is -2.34. The standard InChI is InChI=1S/C19H20F2N10O9P2S3/c20-7-6-2-37-42(35,44)39-11-5(38-17(8(11)21)31-13-10(28-29-31)15(32)24-3-23-13)1-36-41(34,43)40-12(7)18(45-6)30-4-25-9-14(30)26-19(22)27-16(9)33/h3-8,11-12,17-18H,1-2H2,(H,34,43)(H,35,44)(H,23,24,32)(H3,22,26,27,33)/t5-,6-,7-,8+,11-,12-,17-,18-,41?,42?/m1/s1. The van der Waals surface area contributed by atoms with Gasteiger partial charge in [0.1, 0.15) is 29.9 Å². The normalized spacial score (nSPS) is 37.7. The summed E-state index contributed by atoms with van der Waals surface area (Å²) in [6.45, 7) is -9.84. The van der Waals surface area contributed by atoms with Crippen molar-refractivity contribution in [1.29, 1.82) is 0 Å². The van der Waals surface area contributed by atoms with Crippen molar-refractivity contribution in [3.63, 3.8) is 0 Å². The number of nitrogen functional groups attached to an aromatic ring is 1. The summed E-state index contributed by atoms with van der Waals surface area (Å²) in [4.78, 5) is 63.1. The Bertz CT molecular complexity index is 2020. The van der Waals surface area contributed by atoms with E-state index in [9.17, 15) is 19.4 Å². The number of hydrogen-bond acceptors (Lipinski definition) is 16. The predicted molar refractivity (Wildman–Crippen MR) is 157 cm³/mol. The number of rotatable bonds is 2. The molecule has 26 heteroatoms. The van der Waals surface area contributed by atoms with Crippen LogP contribution in [0, 0.1) is 0 Å². The molecule has 2 unspecified atom stereocenters. The van der Waals surface area contributed by atoms with E-state index in [4.69, 9.17) is 52.2 Å². The van der Waals surface area contributed by atoms with Crippen molar-refractivity contribution in [2.24, 2.45) is 0 Å². The molecule has 19 nitrogen and oxygen atoms in total. The third-order valence-corrected chi connectivity index (χ3v) is 11.7. The highest BCUT2D eigenvalue weighted by atomic mass is 32.5. The van der Waals surface area contributed by atoms with Crippen molar-refractivity contribution in [3.8, 4) is 0 Å². The molecule has 0 saturated carbocycles. The van der Waals surface area contributed by atoms with Crippen LogP contribution in [0.1, 0.15) is 11.6 Å². The first kappa shape index (κ1) is 31.3. The summed E-state index contributed by atoms with van der Waals surface area (Å²) in [7, 11) is 0. The Morgan fingerprint density at radius 1 is 1.02 bits per heavy atom. The van der Waals surface area contributed by atoms with Gasteiger partial charge in [0.05, 0.1) is 31.1 Å². The number of aromatic nitrogens is 9. The lowest BCUT2D eigenvalue weighted by molar-refractivity contribution is -0.0493. The molecule has 4 aromatic rings. The van der Waals surface area contributed by atoms with Crippen LogP contribution in [-0.4, -0.2) is 103 Å². The molecule has 0 radical (unpaired) electrons. The zero-order chi connectivity index (χ0) is 31.8. The number of anilines is 1. The monoisotopic (exact) mass is 728 g/mol. The van der Waals surface area contributed by atoms with Crippen LogP contribution in [0.2, 0.25) is 0 Å². The largest absolute Gasteiger partial charge is 0.369 e. The molecule has 6 N–H and O–H groups in total. The van der Waals surface area contributed by atoms with E-state index in [1.165, 1.54) is 10.9 Å². The first-order chi connectivity index (χ1) is 21.3. The van der Waals surface area contributed by atoms with Gasteiger partial charge in [-0.15, -0.1) is 16.9 Å². The fourth-order valence-corrected chi connectivity index (χ4v) is 9.60. The molecule has 3 fully saturated rings. The summed E-state index contributed by atoms with van der Waals surface area (Å²) in [6, 6.07) is 0. The average molecular weight is 729 g/mol. The number of imidazole rings is 1. The summed E-state index contributed by atoms with van der Waals surface area (Å²) >= 11 is 11.2. The number of H-pyrrole nitrogens is 2. The fourth-order valence-electron chi connectivity index (χ4n) is 5.10. The molecular weight excluding hydrogens is 708 g/mol. The van der Waals surface area contributed by atoms with Crippen LogP contribution in [-0.2, 0) is 46.4 Å². The molecule has 3 aliphatic rings. The molecule has 7 rings (SSSR count). The summed E-state index contributed by atoms with van der Waals surface area (Å²) in [5.41, 5.74) is 4.03. The van der Waals surface area contributed by atoms with E-state index in [0.717, 1.165) is 22.8 Å². The zero-order valence-corrected chi connectivity index (χ0v) is 26.3. The van der Waals surface area contributed by atoms with E-state index in [1.54, 1.807) is 0 Å². The van der Waals surface area contributed by atoms with Gasteiger partial charge in [0.25, 0.3) is 11.1 Å². The number of alkyl halides is 2. The minimum atomic E-state index is -4.32. The molecule has 0 spiro atoms. The van der Waals surface area contributed by atoms with Gasteiger partial charge < -0.3 is 34.3 Å². The maximum atomic E-state index is 15.9. The third kappa shape index (κ3) is 5.65. The first-order valence-electron chi connectivity index (χ1n) is 12.7. The number of halogens is 2. The summed E-state index contributed by atoms with van der Waals surface area (Å²) in [5, 5.41) is 5.33. The molecule has 45 heavy (non-hydrogen) atoms. The zero-order valence-electron chi connectivity index (χ0n) is 22.0. The van der Waals surface area contributed by atoms with Gasteiger partial charge in [0.2, 0.25) is 5.95 Å². The van der Waals surface area contributed by atoms with E-state index in [-0.39, 0.29) is 28.3 Å². The van der Waals surface area contributed by atoms with Gasteiger partial charge in [0, 0.05) is 0 Å². The maximum Gasteiger partial charge on any atom is 0.325 e. The second kappa shape index (κ2) is 11.4. The van der Waals surface area contributed by atoms with Gasteiger partial charge in [0.15, 0.2) is 34.7 Å². The van der Waals surface area contributed by atoms with Gasteiger partial charge in [-0.1, -0.05) is 5.21 Å². The minimum Gasteiger partial charge on any atom is -0.369 e. The number of fused-ring (bicyclic) bond motifs is 5. The first-order valence-corrected chi connectivity index (χ1v) is 18.9. The second-order valence-electron chi connectivity index (χ2n) is 9.90. The Morgan fingerprint density at radius 2 is 1.76 bits per heavy atom. The van der Waals surface area contributed by atoms with Crippen LogP contribution < -0.4 is 16.9 Å². The van der Waals surface area contributed by atoms with Gasteiger partial charge in [-0.05, 0) is 23.6 Å². The Morgan fingerprint density at radius 3 is 2.53 bits per heavy atom. The molecule has 242 valence electrons. The van der Waals surface area contributed by atoms with Crippen LogP contribution in [0.3, 0.4) is 0 Å². The molecule has 10 atom stereocenters. The SMILES string of the molecule is Nc1nc2c(ncn2[C@@H]2S[C@@H]3COP(O)(=S)O[C@H]4[C@H](F)[C@H](n5nnc6c(=O)[nH]cnc65)O[C@@H]4COP(O)(=S)O[C@@H]2[C@@H]3F)c(=O)[nH]1. The van der Waals surface area contributed by atoms with Crippen molar-refractivity contribution in [2.75, 3.05) is 18.9 Å². The van der Waals surface area contributed by atoms with E-state index in [2.05, 4.69) is 35.2 Å². The Kier molecular flexibility index (Phi) is 7.94. The van der Waals surface area contributed by atoms with Crippen LogP contribution in [0.25, 0.3) is 22.3 Å². The quantitative estimate of drug-likeness (QED) is 0.166. The lowest BCUT2D eigenvalue weighted by Crippen LogP contribution is -2.34. The third-order valence-electron chi connectivity index (χ3n) is 7.08. The van der Waals surface area contributed by atoms with Crippen LogP contribution >= 0.6 is 25.2 Å². The van der Waals surface area contributed by atoms with Gasteiger partial charge in [-0.2, -0.15) is 9.67 Å². The number of aromatic amines is 2. The number of hydrogen-bond donors (Lipinski definition) is 5. The highest BCUT2D eigenvalue weighted by Crippen LogP contribution is 2.57. The molecule has 0 aliphatic carbocycles. The minimum absolute atomic E-state index is 0.000607. The average Bonchev–Trinajstić information content (AvgIpc) is 3.72. The summed E-state index contributed by atoms with van der Waals surface area (Å²) < 4.78 is 62.0. The van der Waals surface area contributed by atoms with Gasteiger partial charge in [-0.25, -0.2) is 18.7 Å². The summed E-state index contributed by atoms with van der Waals surface area (Å²) in [6.07, 6.45) is -7.96. The van der Waals surface area contributed by atoms with Crippen molar-refractivity contribution in [2.45, 2.75) is 47.5 Å². The Balaban J connectivity index is 1.21. The highest BCUT2D eigenvalue weighted by Gasteiger charge is 2.53. The smallest absolute Gasteiger partial charge is 0.325 e. The maximum absolute atomic E-state index is 15.9. The molecule has 0 aromatic carbocycles. The number of nitrogens with two attached hydrogens (primary N) is 1. The predicted octanol–water partition coefficient (Wildman–Crippen LogP) is -0.332. The van der Waals surface area contributed by atoms with Gasteiger partial charge >= 0.3 is 13.4 Å². The van der Waals surface area contributed by atoms with E-state index >= 15 is 8.78 Å². The van der Waals surface area contributed by atoms with Crippen LogP contribution in [0.5, 0.6) is 0 Å². The van der Waals surface area contributed by atoms with E-state index < -0.39 is 85.3 Å². The fraction of sp³-hybridized carbons (Fsp3) is 0.526. The molecule has 7 heterocycles. The van der Waals surface area contributed by atoms with Crippen molar-refractivity contribution in [3.05, 3.63) is 33.4 Å². The number of nitrogens with zero attached hydrogens (tertiary/aromatic N) is 7. The second-order valence-corrected chi connectivity index (χ2v) is 16.8. The Labute approximate surface area is 262 Å². The topological polar surface area (TPSA) is 253 Å². The lowest BCUT2D eigenvalue weighted by atomic mass is 10.1. The molecule has 3 saturated heterocycles. The molecule has 3 aliphatic heterocycles. The molecule has 2 bridgehead atoms. The molecule has 0 amide bonds. The van der Waals surface area contributed by atoms with Crippen molar-refractivity contribution >= 4 is 77.1 Å². The number of ether oxygens (including phenoxy) is 1.